The zero-order valence-electron chi connectivity index (χ0n) is 11.0. The Hall–Kier alpha value is -0.120. The molecule has 0 aliphatic heterocycles. The molecule has 0 radical (unpaired) electrons. The van der Waals surface area contributed by atoms with Crippen molar-refractivity contribution < 1.29 is 9.84 Å². The van der Waals surface area contributed by atoms with Crippen LogP contribution in [0.25, 0.3) is 0 Å². The summed E-state index contributed by atoms with van der Waals surface area (Å²) in [6.07, 6.45) is 8.14. The number of unbranched alkanes of at least 4 members (excludes halogenated alkanes) is 4. The molecule has 1 unspecified atom stereocenters. The lowest BCUT2D eigenvalue weighted by Crippen LogP contribution is -2.40. The number of aliphatic hydroxyl groups is 1. The number of aliphatic hydroxyl groups excluding tert-OH is 1. The second-order valence-electron chi connectivity index (χ2n) is 4.94. The van der Waals surface area contributed by atoms with E-state index in [0.29, 0.717) is 0 Å². The van der Waals surface area contributed by atoms with Gasteiger partial charge in [0.05, 0.1) is 6.61 Å². The summed E-state index contributed by atoms with van der Waals surface area (Å²) >= 11 is 0. The molecule has 0 aromatic heterocycles. The SMILES string of the molecule is CCCCCCCOCCCC(C)(N)CO. The molecular formula is C13H29NO2. The standard InChI is InChI=1S/C13H29NO2/c1-3-4-5-6-7-10-16-11-8-9-13(2,14)12-15/h15H,3-12,14H2,1-2H3. The molecule has 0 heterocycles. The van der Waals surface area contributed by atoms with Crippen LogP contribution in [-0.2, 0) is 4.74 Å². The normalized spacial score (nSPS) is 15.0. The van der Waals surface area contributed by atoms with Gasteiger partial charge in [-0.2, -0.15) is 0 Å². The Morgan fingerprint density at radius 2 is 1.69 bits per heavy atom. The van der Waals surface area contributed by atoms with Crippen LogP contribution >= 0.6 is 0 Å². The first-order chi connectivity index (χ1) is 7.62. The van der Waals surface area contributed by atoms with E-state index >= 15 is 0 Å². The molecule has 0 saturated carbocycles. The van der Waals surface area contributed by atoms with Gasteiger partial charge in [0.2, 0.25) is 0 Å². The highest BCUT2D eigenvalue weighted by Gasteiger charge is 2.15. The molecule has 3 N–H and O–H groups in total. The van der Waals surface area contributed by atoms with E-state index in [1.54, 1.807) is 0 Å². The third-order valence-electron chi connectivity index (χ3n) is 2.79. The minimum Gasteiger partial charge on any atom is -0.394 e. The lowest BCUT2D eigenvalue weighted by Gasteiger charge is -2.21. The van der Waals surface area contributed by atoms with Gasteiger partial charge in [0.25, 0.3) is 0 Å². The summed E-state index contributed by atoms with van der Waals surface area (Å²) in [4.78, 5) is 0. The average molecular weight is 231 g/mol. The van der Waals surface area contributed by atoms with Gasteiger partial charge >= 0.3 is 0 Å². The Balaban J connectivity index is 3.10. The van der Waals surface area contributed by atoms with Crippen LogP contribution in [0, 0.1) is 0 Å². The Morgan fingerprint density at radius 1 is 1.06 bits per heavy atom. The van der Waals surface area contributed by atoms with Crippen molar-refractivity contribution in [3.8, 4) is 0 Å². The number of rotatable bonds is 11. The van der Waals surface area contributed by atoms with Crippen molar-refractivity contribution in [3.05, 3.63) is 0 Å². The van der Waals surface area contributed by atoms with Crippen molar-refractivity contribution >= 4 is 0 Å². The van der Waals surface area contributed by atoms with E-state index in [1.807, 2.05) is 6.92 Å². The highest BCUT2D eigenvalue weighted by atomic mass is 16.5. The van der Waals surface area contributed by atoms with Crippen molar-refractivity contribution in [1.82, 2.24) is 0 Å². The van der Waals surface area contributed by atoms with Gasteiger partial charge in [-0.15, -0.1) is 0 Å². The van der Waals surface area contributed by atoms with E-state index in [2.05, 4.69) is 6.92 Å². The first kappa shape index (κ1) is 15.9. The summed E-state index contributed by atoms with van der Waals surface area (Å²) in [7, 11) is 0. The highest BCUT2D eigenvalue weighted by Crippen LogP contribution is 2.08. The maximum atomic E-state index is 8.95. The molecule has 3 heteroatoms. The van der Waals surface area contributed by atoms with Crippen molar-refractivity contribution in [2.24, 2.45) is 5.73 Å². The van der Waals surface area contributed by atoms with Gasteiger partial charge < -0.3 is 15.6 Å². The van der Waals surface area contributed by atoms with E-state index in [0.717, 1.165) is 26.1 Å². The minimum atomic E-state index is -0.440. The van der Waals surface area contributed by atoms with Gasteiger partial charge in [0.1, 0.15) is 0 Å². The molecule has 16 heavy (non-hydrogen) atoms. The number of hydrogen-bond donors (Lipinski definition) is 2. The van der Waals surface area contributed by atoms with Crippen LogP contribution in [0.4, 0.5) is 0 Å². The predicted octanol–water partition coefficient (Wildman–Crippen LogP) is 2.46. The summed E-state index contributed by atoms with van der Waals surface area (Å²) < 4.78 is 5.52. The minimum absolute atomic E-state index is 0.0457. The summed E-state index contributed by atoms with van der Waals surface area (Å²) in [6, 6.07) is 0. The summed E-state index contributed by atoms with van der Waals surface area (Å²) in [5.41, 5.74) is 5.37. The fourth-order valence-electron chi connectivity index (χ4n) is 1.57. The van der Waals surface area contributed by atoms with Gasteiger partial charge in [-0.25, -0.2) is 0 Å². The monoisotopic (exact) mass is 231 g/mol. The highest BCUT2D eigenvalue weighted by molar-refractivity contribution is 4.76. The Labute approximate surface area is 100 Å². The molecule has 1 atom stereocenters. The van der Waals surface area contributed by atoms with Crippen molar-refractivity contribution in [2.45, 2.75) is 64.3 Å². The second kappa shape index (κ2) is 10.1. The molecule has 0 aliphatic carbocycles. The molecule has 0 fully saturated rings. The Bertz CT molecular complexity index is 149. The van der Waals surface area contributed by atoms with E-state index in [4.69, 9.17) is 15.6 Å². The van der Waals surface area contributed by atoms with Crippen molar-refractivity contribution in [3.63, 3.8) is 0 Å². The molecule has 0 bridgehead atoms. The number of ether oxygens (including phenoxy) is 1. The number of nitrogens with two attached hydrogens (primary N) is 1. The third-order valence-corrected chi connectivity index (χ3v) is 2.79. The van der Waals surface area contributed by atoms with Crippen LogP contribution in [0.15, 0.2) is 0 Å². The fraction of sp³-hybridized carbons (Fsp3) is 1.00. The molecule has 0 rings (SSSR count). The van der Waals surface area contributed by atoms with Gasteiger partial charge in [-0.05, 0) is 26.2 Å². The largest absolute Gasteiger partial charge is 0.394 e. The van der Waals surface area contributed by atoms with Gasteiger partial charge in [-0.1, -0.05) is 32.6 Å². The first-order valence-corrected chi connectivity index (χ1v) is 6.60. The van der Waals surface area contributed by atoms with Crippen LogP contribution in [0.1, 0.15) is 58.8 Å². The molecule has 98 valence electrons. The summed E-state index contributed by atoms with van der Waals surface area (Å²) in [5.74, 6) is 0. The smallest absolute Gasteiger partial charge is 0.0608 e. The second-order valence-corrected chi connectivity index (χ2v) is 4.94. The van der Waals surface area contributed by atoms with E-state index in [-0.39, 0.29) is 6.61 Å². The average Bonchev–Trinajstić information content (AvgIpc) is 2.27. The lowest BCUT2D eigenvalue weighted by atomic mass is 9.99. The number of hydrogen-bond acceptors (Lipinski definition) is 3. The quantitative estimate of drug-likeness (QED) is 0.537. The van der Waals surface area contributed by atoms with Crippen LogP contribution in [0.2, 0.25) is 0 Å². The van der Waals surface area contributed by atoms with Gasteiger partial charge in [-0.3, -0.25) is 0 Å². The molecule has 3 nitrogen and oxygen atoms in total. The van der Waals surface area contributed by atoms with Crippen molar-refractivity contribution in [1.29, 1.82) is 0 Å². The fourth-order valence-corrected chi connectivity index (χ4v) is 1.57. The van der Waals surface area contributed by atoms with Crippen LogP contribution in [0.5, 0.6) is 0 Å². The van der Waals surface area contributed by atoms with Crippen LogP contribution in [0.3, 0.4) is 0 Å². The molecule has 0 amide bonds. The van der Waals surface area contributed by atoms with Crippen LogP contribution in [-0.4, -0.2) is 30.5 Å². The Kier molecular flexibility index (Phi) is 9.99. The molecule has 0 aromatic rings. The zero-order valence-corrected chi connectivity index (χ0v) is 11.0. The first-order valence-electron chi connectivity index (χ1n) is 6.60. The summed E-state index contributed by atoms with van der Waals surface area (Å²) in [5, 5.41) is 8.95. The third kappa shape index (κ3) is 10.4. The predicted molar refractivity (Wildman–Crippen MR) is 68.5 cm³/mol. The Morgan fingerprint density at radius 3 is 2.31 bits per heavy atom. The van der Waals surface area contributed by atoms with E-state index in [1.165, 1.54) is 32.1 Å². The van der Waals surface area contributed by atoms with Crippen LogP contribution < -0.4 is 5.73 Å². The van der Waals surface area contributed by atoms with E-state index in [9.17, 15) is 0 Å². The molecule has 0 spiro atoms. The van der Waals surface area contributed by atoms with Gasteiger partial charge in [0.15, 0.2) is 0 Å². The van der Waals surface area contributed by atoms with Gasteiger partial charge in [0, 0.05) is 18.8 Å². The maximum absolute atomic E-state index is 8.95. The molecule has 0 aromatic carbocycles. The summed E-state index contributed by atoms with van der Waals surface area (Å²) in [6.45, 7) is 5.77. The zero-order chi connectivity index (χ0) is 12.3. The van der Waals surface area contributed by atoms with E-state index < -0.39 is 5.54 Å². The molecule has 0 saturated heterocycles. The lowest BCUT2D eigenvalue weighted by molar-refractivity contribution is 0.115. The molecule has 0 aliphatic rings. The van der Waals surface area contributed by atoms with Crippen molar-refractivity contribution in [2.75, 3.05) is 19.8 Å². The topological polar surface area (TPSA) is 55.5 Å². The molecular weight excluding hydrogens is 202 g/mol. The maximum Gasteiger partial charge on any atom is 0.0608 e.